The van der Waals surface area contributed by atoms with Crippen LogP contribution in [0.1, 0.15) is 43.4 Å². The molecule has 1 aliphatic rings. The first-order valence-electron chi connectivity index (χ1n) is 9.32. The van der Waals surface area contributed by atoms with Gasteiger partial charge in [-0.05, 0) is 38.9 Å². The molecule has 1 atom stereocenters. The van der Waals surface area contributed by atoms with Gasteiger partial charge >= 0.3 is 0 Å². The van der Waals surface area contributed by atoms with E-state index >= 15 is 0 Å². The largest absolute Gasteiger partial charge is 0.493 e. The van der Waals surface area contributed by atoms with Crippen molar-refractivity contribution in [3.63, 3.8) is 0 Å². The molecule has 1 aliphatic heterocycles. The second-order valence-corrected chi connectivity index (χ2v) is 6.63. The van der Waals surface area contributed by atoms with E-state index in [2.05, 4.69) is 10.3 Å². The van der Waals surface area contributed by atoms with Gasteiger partial charge in [-0.15, -0.1) is 0 Å². The average molecular weight is 337 g/mol. The minimum Gasteiger partial charge on any atom is -0.493 e. The number of rotatable bonds is 2. The highest BCUT2D eigenvalue weighted by atomic mass is 16.5. The third-order valence-electron chi connectivity index (χ3n) is 4.74. The van der Waals surface area contributed by atoms with E-state index in [0.717, 1.165) is 11.3 Å². The van der Waals surface area contributed by atoms with E-state index in [1.165, 1.54) is 6.07 Å². The maximum atomic E-state index is 13.1. The average Bonchev–Trinajstić information content (AvgIpc) is 2.96. The van der Waals surface area contributed by atoms with Gasteiger partial charge < -0.3 is 14.5 Å². The molecule has 0 spiro atoms. The zero-order valence-electron chi connectivity index (χ0n) is 16.5. The number of carbonyl (C=O) groups is 1. The van der Waals surface area contributed by atoms with Crippen LogP contribution in [0.4, 0.5) is 0 Å². The number of aromatic nitrogens is 2. The Morgan fingerprint density at radius 1 is 1.36 bits per heavy atom. The number of hydrogen-bond acceptors (Lipinski definition) is 3. The summed E-state index contributed by atoms with van der Waals surface area (Å²) >= 11 is 0. The molecule has 2 aromatic heterocycles. The van der Waals surface area contributed by atoms with Gasteiger partial charge in [0.2, 0.25) is 0 Å². The summed E-state index contributed by atoms with van der Waals surface area (Å²) in [6.07, 6.45) is 0.795. The van der Waals surface area contributed by atoms with Crippen molar-refractivity contribution in [3.05, 3.63) is 65.1 Å². The van der Waals surface area contributed by atoms with Crippen LogP contribution in [-0.2, 0) is 5.54 Å². The van der Waals surface area contributed by atoms with Crippen LogP contribution in [0.25, 0.3) is 5.65 Å². The molecular formula is C20H21N3O2. The summed E-state index contributed by atoms with van der Waals surface area (Å²) in [5.41, 5.74) is 2.26. The Morgan fingerprint density at radius 3 is 3.00 bits per heavy atom. The molecule has 1 unspecified atom stereocenters. The summed E-state index contributed by atoms with van der Waals surface area (Å²) in [6, 6.07) is 9.49. The Labute approximate surface area is 149 Å². The predicted molar refractivity (Wildman–Crippen MR) is 96.0 cm³/mol. The molecule has 0 saturated carbocycles. The van der Waals surface area contributed by atoms with Crippen LogP contribution in [0.2, 0.25) is 0 Å². The highest BCUT2D eigenvalue weighted by Gasteiger charge is 2.35. The molecule has 0 radical (unpaired) electrons. The second-order valence-electron chi connectivity index (χ2n) is 6.63. The molecular weight excluding hydrogens is 314 g/mol. The number of carbonyl (C=O) groups excluding carboxylic acids is 1. The Kier molecular flexibility index (Phi) is 3.03. The van der Waals surface area contributed by atoms with Gasteiger partial charge in [-0.2, -0.15) is 0 Å². The van der Waals surface area contributed by atoms with Crippen molar-refractivity contribution in [2.45, 2.75) is 32.7 Å². The van der Waals surface area contributed by atoms with Crippen LogP contribution in [0.15, 0.2) is 42.5 Å². The molecule has 3 aromatic rings. The van der Waals surface area contributed by atoms with Crippen molar-refractivity contribution < 1.29 is 12.3 Å². The number of para-hydroxylation sites is 1. The van der Waals surface area contributed by atoms with Gasteiger partial charge in [-0.1, -0.05) is 18.2 Å². The van der Waals surface area contributed by atoms with Crippen LogP contribution in [0.3, 0.4) is 0 Å². The van der Waals surface area contributed by atoms with Gasteiger partial charge in [0.05, 0.1) is 20.5 Å². The molecule has 1 N–H and O–H groups in total. The van der Waals surface area contributed by atoms with Crippen molar-refractivity contribution in [2.24, 2.45) is 0 Å². The molecule has 128 valence electrons. The van der Waals surface area contributed by atoms with E-state index in [-0.39, 0.29) is 18.1 Å². The summed E-state index contributed by atoms with van der Waals surface area (Å²) in [7, 11) is 0. The summed E-state index contributed by atoms with van der Waals surface area (Å²) in [5.74, 6) is 0.493. The molecule has 0 bridgehead atoms. The van der Waals surface area contributed by atoms with Gasteiger partial charge in [0, 0.05) is 29.5 Å². The van der Waals surface area contributed by atoms with Gasteiger partial charge in [0.15, 0.2) is 0 Å². The molecule has 0 saturated heterocycles. The summed E-state index contributed by atoms with van der Waals surface area (Å²) in [6.45, 7) is 6.01. The van der Waals surface area contributed by atoms with Crippen LogP contribution >= 0.6 is 0 Å². The Hall–Kier alpha value is -2.82. The maximum Gasteiger partial charge on any atom is 0.255 e. The molecule has 0 aliphatic carbocycles. The van der Waals surface area contributed by atoms with E-state index in [0.29, 0.717) is 35.6 Å². The number of benzene rings is 1. The Morgan fingerprint density at radius 2 is 2.16 bits per heavy atom. The Bertz CT molecular complexity index is 1080. The smallest absolute Gasteiger partial charge is 0.255 e. The molecule has 1 aromatic carbocycles. The van der Waals surface area contributed by atoms with Gasteiger partial charge in [0.25, 0.3) is 5.91 Å². The summed E-state index contributed by atoms with van der Waals surface area (Å²) in [5, 5.41) is 3.12. The number of nitrogens with one attached hydrogen (secondary N) is 1. The first-order chi connectivity index (χ1) is 12.8. The minimum atomic E-state index is -0.568. The number of amides is 1. The molecule has 4 rings (SSSR count). The fourth-order valence-corrected chi connectivity index (χ4v) is 3.41. The minimum absolute atomic E-state index is 0.145. The van der Waals surface area contributed by atoms with E-state index in [9.17, 15) is 4.79 Å². The van der Waals surface area contributed by atoms with Crippen molar-refractivity contribution >= 4 is 11.6 Å². The van der Waals surface area contributed by atoms with Gasteiger partial charge in [-0.25, -0.2) is 4.98 Å². The van der Waals surface area contributed by atoms with Crippen LogP contribution in [0, 0.1) is 13.8 Å². The van der Waals surface area contributed by atoms with E-state index in [1.54, 1.807) is 18.2 Å². The molecule has 3 heterocycles. The third-order valence-corrected chi connectivity index (χ3v) is 4.74. The first kappa shape index (κ1) is 13.5. The number of fused-ring (bicyclic) bond motifs is 2. The van der Waals surface area contributed by atoms with Crippen molar-refractivity contribution in [1.29, 1.82) is 0 Å². The highest BCUT2D eigenvalue weighted by molar-refractivity contribution is 6.00. The molecule has 5 nitrogen and oxygen atoms in total. The topological polar surface area (TPSA) is 55.6 Å². The van der Waals surface area contributed by atoms with Gasteiger partial charge in [-0.3, -0.25) is 4.79 Å². The quantitative estimate of drug-likeness (QED) is 0.780. The fourth-order valence-electron chi connectivity index (χ4n) is 3.41. The zero-order valence-corrected chi connectivity index (χ0v) is 14.5. The van der Waals surface area contributed by atoms with Crippen molar-refractivity contribution in [1.82, 2.24) is 14.7 Å². The molecule has 1 amide bonds. The maximum absolute atomic E-state index is 13.1. The van der Waals surface area contributed by atoms with Crippen molar-refractivity contribution in [3.8, 4) is 5.75 Å². The van der Waals surface area contributed by atoms with Crippen molar-refractivity contribution in [2.75, 3.05) is 6.61 Å². The lowest BCUT2D eigenvalue weighted by atomic mass is 9.86. The summed E-state index contributed by atoms with van der Waals surface area (Å²) < 4.78 is 23.5. The Balaban J connectivity index is 1.77. The second kappa shape index (κ2) is 5.62. The van der Waals surface area contributed by atoms with E-state index < -0.39 is 5.54 Å². The molecule has 0 fully saturated rings. The number of hydrogen-bond donors (Lipinski definition) is 1. The lowest BCUT2D eigenvalue weighted by Crippen LogP contribution is -2.46. The van der Waals surface area contributed by atoms with Crippen LogP contribution < -0.4 is 10.1 Å². The lowest BCUT2D eigenvalue weighted by molar-refractivity contribution is 0.0875. The third kappa shape index (κ3) is 2.56. The predicted octanol–water partition coefficient (Wildman–Crippen LogP) is 3.38. The monoisotopic (exact) mass is 337 g/mol. The molecule has 5 heteroatoms. The van der Waals surface area contributed by atoms with Gasteiger partial charge in [0.1, 0.15) is 11.4 Å². The highest BCUT2D eigenvalue weighted by Crippen LogP contribution is 2.36. The SMILES string of the molecule is [2H]c1c(C)nc2c(C(=O)NC3(C)CCOc4ccccc43)cc([2H])n2c1C. The normalized spacial score (nSPS) is 20.4. The van der Waals surface area contributed by atoms with Crippen LogP contribution in [0.5, 0.6) is 5.75 Å². The number of nitrogens with zero attached hydrogens (tertiary/aromatic N) is 2. The molecule has 25 heavy (non-hydrogen) atoms. The number of aryl methyl sites for hydroxylation is 2. The summed E-state index contributed by atoms with van der Waals surface area (Å²) in [4.78, 5) is 17.5. The first-order valence-corrected chi connectivity index (χ1v) is 8.32. The standard InChI is InChI=1S/C20H21N3O2/c1-13-12-14(2)23-10-8-15(18(23)21-13)19(24)22-20(3)9-11-25-17-7-5-4-6-16(17)20/h4-8,10,12H,9,11H2,1-3H3,(H,22,24)/i10D,12D. The van der Waals surface area contributed by atoms with Crippen LogP contribution in [-0.4, -0.2) is 21.9 Å². The zero-order chi connectivity index (χ0) is 19.3. The number of ether oxygens (including phenoxy) is 1. The van der Waals surface area contributed by atoms with E-state index in [1.807, 2.05) is 31.2 Å². The fraction of sp³-hybridized carbons (Fsp3) is 0.300. The van der Waals surface area contributed by atoms with E-state index in [4.69, 9.17) is 7.48 Å². The lowest BCUT2D eigenvalue weighted by Gasteiger charge is -2.36.